The largest absolute Gasteiger partial charge is 0.490 e. The molecule has 0 aromatic heterocycles. The van der Waals surface area contributed by atoms with Gasteiger partial charge in [-0.2, -0.15) is 0 Å². The standard InChI is InChI=1S/C17H17BrO2S/c18-13-4-8-16(9-5-13)21-11-17(19)12-2-1-3-15(10-12)20-14-6-7-14/h1-5,8-10,14,17,19H,6-7,11H2. The molecule has 1 aliphatic rings. The summed E-state index contributed by atoms with van der Waals surface area (Å²) in [5.74, 6) is 1.50. The van der Waals surface area contributed by atoms with Crippen LogP contribution in [0, 0.1) is 0 Å². The van der Waals surface area contributed by atoms with E-state index >= 15 is 0 Å². The van der Waals surface area contributed by atoms with Crippen LogP contribution in [0.15, 0.2) is 57.9 Å². The second-order valence-corrected chi connectivity index (χ2v) is 7.18. The summed E-state index contributed by atoms with van der Waals surface area (Å²) in [5, 5.41) is 10.3. The predicted molar refractivity (Wildman–Crippen MR) is 89.9 cm³/mol. The minimum Gasteiger partial charge on any atom is -0.490 e. The highest BCUT2D eigenvalue weighted by Gasteiger charge is 2.23. The van der Waals surface area contributed by atoms with Crippen molar-refractivity contribution in [3.63, 3.8) is 0 Å². The van der Waals surface area contributed by atoms with Crippen LogP contribution in [0.4, 0.5) is 0 Å². The van der Waals surface area contributed by atoms with Crippen molar-refractivity contribution in [2.75, 3.05) is 5.75 Å². The molecule has 1 atom stereocenters. The van der Waals surface area contributed by atoms with Crippen LogP contribution in [0.3, 0.4) is 0 Å². The molecule has 1 aliphatic carbocycles. The molecule has 2 nitrogen and oxygen atoms in total. The average molecular weight is 365 g/mol. The lowest BCUT2D eigenvalue weighted by Gasteiger charge is -2.12. The molecule has 1 fully saturated rings. The van der Waals surface area contributed by atoms with Gasteiger partial charge < -0.3 is 9.84 Å². The summed E-state index contributed by atoms with van der Waals surface area (Å²) in [4.78, 5) is 1.16. The molecule has 1 N–H and O–H groups in total. The minimum absolute atomic E-state index is 0.384. The third-order valence-electron chi connectivity index (χ3n) is 3.29. The number of aliphatic hydroxyl groups excluding tert-OH is 1. The van der Waals surface area contributed by atoms with Gasteiger partial charge in [0.15, 0.2) is 0 Å². The van der Waals surface area contributed by atoms with E-state index in [1.54, 1.807) is 11.8 Å². The third kappa shape index (κ3) is 4.50. The molecule has 0 spiro atoms. The lowest BCUT2D eigenvalue weighted by atomic mass is 10.1. The zero-order valence-electron chi connectivity index (χ0n) is 11.5. The van der Waals surface area contributed by atoms with Crippen LogP contribution in [0.2, 0.25) is 0 Å². The monoisotopic (exact) mass is 364 g/mol. The Balaban J connectivity index is 1.58. The maximum Gasteiger partial charge on any atom is 0.120 e. The summed E-state index contributed by atoms with van der Waals surface area (Å²) in [5.41, 5.74) is 0.915. The normalized spacial score (nSPS) is 15.7. The zero-order valence-corrected chi connectivity index (χ0v) is 13.9. The number of halogens is 1. The van der Waals surface area contributed by atoms with E-state index in [1.807, 2.05) is 48.5 Å². The molecule has 21 heavy (non-hydrogen) atoms. The molecular formula is C17H17BrO2S. The van der Waals surface area contributed by atoms with E-state index in [9.17, 15) is 5.11 Å². The number of thioether (sulfide) groups is 1. The molecule has 0 radical (unpaired) electrons. The molecule has 1 saturated carbocycles. The lowest BCUT2D eigenvalue weighted by Crippen LogP contribution is -2.02. The number of benzene rings is 2. The van der Waals surface area contributed by atoms with E-state index in [2.05, 4.69) is 15.9 Å². The first-order valence-corrected chi connectivity index (χ1v) is 8.81. The van der Waals surface area contributed by atoms with Crippen LogP contribution in [-0.4, -0.2) is 17.0 Å². The number of hydrogen-bond acceptors (Lipinski definition) is 3. The molecule has 4 heteroatoms. The van der Waals surface area contributed by atoms with Gasteiger partial charge in [-0.15, -0.1) is 11.8 Å². The van der Waals surface area contributed by atoms with Crippen LogP contribution >= 0.6 is 27.7 Å². The van der Waals surface area contributed by atoms with Crippen LogP contribution in [0.5, 0.6) is 5.75 Å². The molecule has 2 aromatic rings. The maximum absolute atomic E-state index is 10.3. The van der Waals surface area contributed by atoms with E-state index < -0.39 is 6.10 Å². The van der Waals surface area contributed by atoms with Crippen molar-refractivity contribution in [1.29, 1.82) is 0 Å². The van der Waals surface area contributed by atoms with Crippen molar-refractivity contribution in [1.82, 2.24) is 0 Å². The van der Waals surface area contributed by atoms with Crippen LogP contribution in [0.25, 0.3) is 0 Å². The molecule has 0 amide bonds. The fourth-order valence-corrected chi connectivity index (χ4v) is 3.11. The highest BCUT2D eigenvalue weighted by molar-refractivity contribution is 9.10. The number of aliphatic hydroxyl groups is 1. The second-order valence-electron chi connectivity index (χ2n) is 5.17. The Morgan fingerprint density at radius 3 is 2.67 bits per heavy atom. The topological polar surface area (TPSA) is 29.5 Å². The summed E-state index contributed by atoms with van der Waals surface area (Å²) in [7, 11) is 0. The highest BCUT2D eigenvalue weighted by atomic mass is 79.9. The molecule has 0 heterocycles. The Labute approximate surface area is 137 Å². The Bertz CT molecular complexity index is 596. The van der Waals surface area contributed by atoms with Gasteiger partial charge in [-0.3, -0.25) is 0 Å². The van der Waals surface area contributed by atoms with Gasteiger partial charge in [-0.1, -0.05) is 28.1 Å². The van der Waals surface area contributed by atoms with Crippen LogP contribution < -0.4 is 4.74 Å². The van der Waals surface area contributed by atoms with Crippen molar-refractivity contribution in [2.45, 2.75) is 29.9 Å². The smallest absolute Gasteiger partial charge is 0.120 e. The zero-order chi connectivity index (χ0) is 14.7. The number of rotatable bonds is 6. The first kappa shape index (κ1) is 14.9. The number of hydrogen-bond donors (Lipinski definition) is 1. The highest BCUT2D eigenvalue weighted by Crippen LogP contribution is 2.30. The quantitative estimate of drug-likeness (QED) is 0.745. The molecule has 1 unspecified atom stereocenters. The van der Waals surface area contributed by atoms with Crippen molar-refractivity contribution in [2.24, 2.45) is 0 Å². The van der Waals surface area contributed by atoms with Crippen LogP contribution in [-0.2, 0) is 0 Å². The molecular weight excluding hydrogens is 348 g/mol. The van der Waals surface area contributed by atoms with E-state index in [1.165, 1.54) is 0 Å². The first-order chi connectivity index (χ1) is 10.2. The van der Waals surface area contributed by atoms with E-state index in [0.717, 1.165) is 33.5 Å². The molecule has 110 valence electrons. The molecule has 0 bridgehead atoms. The molecule has 2 aromatic carbocycles. The van der Waals surface area contributed by atoms with Crippen molar-refractivity contribution in [3.05, 3.63) is 58.6 Å². The van der Waals surface area contributed by atoms with Crippen molar-refractivity contribution in [3.8, 4) is 5.75 Å². The van der Waals surface area contributed by atoms with Crippen LogP contribution in [0.1, 0.15) is 24.5 Å². The first-order valence-electron chi connectivity index (χ1n) is 7.04. The fourth-order valence-electron chi connectivity index (χ4n) is 1.98. The van der Waals surface area contributed by atoms with Gasteiger partial charge in [0.1, 0.15) is 5.75 Å². The molecule has 0 saturated heterocycles. The fraction of sp³-hybridized carbons (Fsp3) is 0.294. The third-order valence-corrected chi connectivity index (χ3v) is 4.91. The Morgan fingerprint density at radius 1 is 1.19 bits per heavy atom. The van der Waals surface area contributed by atoms with Gasteiger partial charge in [0.25, 0.3) is 0 Å². The lowest BCUT2D eigenvalue weighted by molar-refractivity contribution is 0.203. The van der Waals surface area contributed by atoms with Gasteiger partial charge in [-0.25, -0.2) is 0 Å². The maximum atomic E-state index is 10.3. The summed E-state index contributed by atoms with van der Waals surface area (Å²) < 4.78 is 6.84. The second kappa shape index (κ2) is 6.86. The summed E-state index contributed by atoms with van der Waals surface area (Å²) in [6.45, 7) is 0. The SMILES string of the molecule is OC(CSc1ccc(Br)cc1)c1cccc(OC2CC2)c1. The minimum atomic E-state index is -0.485. The van der Waals surface area contributed by atoms with Gasteiger partial charge in [0.05, 0.1) is 12.2 Å². The molecule has 0 aliphatic heterocycles. The molecule has 3 rings (SSSR count). The van der Waals surface area contributed by atoms with Gasteiger partial charge in [0, 0.05) is 15.1 Å². The Kier molecular flexibility index (Phi) is 4.88. The van der Waals surface area contributed by atoms with Crippen molar-refractivity contribution < 1.29 is 9.84 Å². The predicted octanol–water partition coefficient (Wildman–Crippen LogP) is 4.82. The van der Waals surface area contributed by atoms with E-state index in [0.29, 0.717) is 11.9 Å². The average Bonchev–Trinajstić information content (AvgIpc) is 3.30. The summed E-state index contributed by atoms with van der Waals surface area (Å²) in [6, 6.07) is 15.9. The Morgan fingerprint density at radius 2 is 1.95 bits per heavy atom. The summed E-state index contributed by atoms with van der Waals surface area (Å²) >= 11 is 5.07. The van der Waals surface area contributed by atoms with Gasteiger partial charge in [0.2, 0.25) is 0 Å². The Hall–Kier alpha value is -0.970. The van der Waals surface area contributed by atoms with E-state index in [4.69, 9.17) is 4.74 Å². The van der Waals surface area contributed by atoms with E-state index in [-0.39, 0.29) is 0 Å². The summed E-state index contributed by atoms with van der Waals surface area (Å²) in [6.07, 6.45) is 2.19. The van der Waals surface area contributed by atoms with Gasteiger partial charge >= 0.3 is 0 Å². The number of ether oxygens (including phenoxy) is 1. The van der Waals surface area contributed by atoms with Crippen molar-refractivity contribution >= 4 is 27.7 Å². The van der Waals surface area contributed by atoms with Gasteiger partial charge in [-0.05, 0) is 54.8 Å².